The van der Waals surface area contributed by atoms with Crippen LogP contribution in [0.25, 0.3) is 10.8 Å². The van der Waals surface area contributed by atoms with Crippen LogP contribution >= 0.6 is 23.2 Å². The normalized spacial score (nSPS) is 18.4. The van der Waals surface area contributed by atoms with Gasteiger partial charge in [0.1, 0.15) is 16.1 Å². The molecule has 0 spiro atoms. The molecule has 1 saturated carbocycles. The fourth-order valence-electron chi connectivity index (χ4n) is 3.45. The Morgan fingerprint density at radius 1 is 1.29 bits per heavy atom. The second-order valence-electron chi connectivity index (χ2n) is 6.45. The van der Waals surface area contributed by atoms with Gasteiger partial charge in [-0.2, -0.15) is 0 Å². The quantitative estimate of drug-likeness (QED) is 0.785. The lowest BCUT2D eigenvalue weighted by atomic mass is 10.0. The molecule has 1 fully saturated rings. The van der Waals surface area contributed by atoms with Crippen LogP contribution in [-0.4, -0.2) is 32.1 Å². The second-order valence-corrected chi connectivity index (χ2v) is 8.62. The molecule has 24 heavy (non-hydrogen) atoms. The van der Waals surface area contributed by atoms with Gasteiger partial charge in [-0.1, -0.05) is 42.1 Å². The van der Waals surface area contributed by atoms with Crippen molar-refractivity contribution < 1.29 is 4.21 Å². The van der Waals surface area contributed by atoms with E-state index in [1.807, 2.05) is 22.5 Å². The van der Waals surface area contributed by atoms with E-state index in [-0.39, 0.29) is 5.54 Å². The molecule has 0 amide bonds. The molecule has 7 heteroatoms. The lowest BCUT2D eigenvalue weighted by molar-refractivity contribution is 0.226. The first kappa shape index (κ1) is 18.1. The first-order chi connectivity index (χ1) is 11.5. The highest BCUT2D eigenvalue weighted by atomic mass is 35.5. The minimum Gasteiger partial charge on any atom is -0.329 e. The van der Waals surface area contributed by atoms with E-state index in [1.165, 1.54) is 6.20 Å². The topological polar surface area (TPSA) is 59.2 Å². The molecule has 4 nitrogen and oxygen atoms in total. The zero-order valence-electron chi connectivity index (χ0n) is 13.6. The molecule has 1 heterocycles. The highest BCUT2D eigenvalue weighted by Gasteiger charge is 2.38. The van der Waals surface area contributed by atoms with Crippen molar-refractivity contribution in [3.05, 3.63) is 34.6 Å². The SMILES string of the molecule is CC1(N(CCN)S(=O)c2ccc3c(Cl)cnc(Cl)c3c2)CCCC1. The summed E-state index contributed by atoms with van der Waals surface area (Å²) in [6.07, 6.45) is 5.94. The molecule has 0 saturated heterocycles. The summed E-state index contributed by atoms with van der Waals surface area (Å²) in [5.74, 6) is 0. The van der Waals surface area contributed by atoms with Crippen molar-refractivity contribution in [2.45, 2.75) is 43.0 Å². The van der Waals surface area contributed by atoms with Gasteiger partial charge in [0, 0.05) is 35.6 Å². The zero-order chi connectivity index (χ0) is 17.3. The fraction of sp³-hybridized carbons (Fsp3) is 0.471. The molecule has 2 N–H and O–H groups in total. The van der Waals surface area contributed by atoms with E-state index in [9.17, 15) is 4.21 Å². The van der Waals surface area contributed by atoms with Crippen molar-refractivity contribution >= 4 is 45.0 Å². The van der Waals surface area contributed by atoms with Crippen LogP contribution in [0.15, 0.2) is 29.3 Å². The molecule has 1 unspecified atom stereocenters. The van der Waals surface area contributed by atoms with Crippen molar-refractivity contribution in [3.8, 4) is 0 Å². The number of nitrogens with zero attached hydrogens (tertiary/aromatic N) is 2. The standard InChI is InChI=1S/C17H21Cl2N3OS/c1-17(6-2-3-7-17)22(9-8-20)24(23)12-4-5-13-14(10-12)16(19)21-11-15(13)18/h4-5,10-11H,2-3,6-9,20H2,1H3. The molecule has 0 aliphatic heterocycles. The van der Waals surface area contributed by atoms with Crippen molar-refractivity contribution in [2.24, 2.45) is 5.73 Å². The van der Waals surface area contributed by atoms with Crippen LogP contribution in [0.2, 0.25) is 10.2 Å². The molecule has 1 aromatic heterocycles. The Hall–Kier alpha value is -0.720. The Bertz CT molecular complexity index is 778. The molecule has 1 aliphatic rings. The van der Waals surface area contributed by atoms with Crippen molar-refractivity contribution in [2.75, 3.05) is 13.1 Å². The lowest BCUT2D eigenvalue weighted by Gasteiger charge is -2.37. The predicted molar refractivity (Wildman–Crippen MR) is 101 cm³/mol. The van der Waals surface area contributed by atoms with Gasteiger partial charge in [0.2, 0.25) is 0 Å². The molecule has 0 radical (unpaired) electrons. The number of hydrogen-bond acceptors (Lipinski definition) is 3. The summed E-state index contributed by atoms with van der Waals surface area (Å²) >= 11 is 12.4. The molecule has 0 bridgehead atoms. The second kappa shape index (κ2) is 7.26. The third kappa shape index (κ3) is 3.33. The summed E-state index contributed by atoms with van der Waals surface area (Å²) in [6.45, 7) is 3.26. The van der Waals surface area contributed by atoms with E-state index in [4.69, 9.17) is 28.9 Å². The number of hydrogen-bond donors (Lipinski definition) is 1. The third-order valence-electron chi connectivity index (χ3n) is 4.78. The summed E-state index contributed by atoms with van der Waals surface area (Å²) in [4.78, 5) is 4.78. The van der Waals surface area contributed by atoms with E-state index in [2.05, 4.69) is 11.9 Å². The van der Waals surface area contributed by atoms with Gasteiger partial charge in [-0.05, 0) is 31.9 Å². The zero-order valence-corrected chi connectivity index (χ0v) is 15.9. The highest BCUT2D eigenvalue weighted by Crippen LogP contribution is 2.37. The maximum absolute atomic E-state index is 13.3. The van der Waals surface area contributed by atoms with Crippen LogP contribution in [0.4, 0.5) is 0 Å². The summed E-state index contributed by atoms with van der Waals surface area (Å²) in [6, 6.07) is 5.53. The molecular weight excluding hydrogens is 365 g/mol. The maximum atomic E-state index is 13.3. The predicted octanol–water partition coefficient (Wildman–Crippen LogP) is 4.16. The van der Waals surface area contributed by atoms with Gasteiger partial charge >= 0.3 is 0 Å². The fourth-order valence-corrected chi connectivity index (χ4v) is 5.38. The third-order valence-corrected chi connectivity index (χ3v) is 7.06. The van der Waals surface area contributed by atoms with E-state index >= 15 is 0 Å². The summed E-state index contributed by atoms with van der Waals surface area (Å²) in [5, 5.41) is 2.44. The number of benzene rings is 1. The molecule has 1 aromatic carbocycles. The highest BCUT2D eigenvalue weighted by molar-refractivity contribution is 7.82. The average molecular weight is 386 g/mol. The van der Waals surface area contributed by atoms with Crippen LogP contribution in [0.5, 0.6) is 0 Å². The summed E-state index contributed by atoms with van der Waals surface area (Å²) in [5.41, 5.74) is 5.71. The van der Waals surface area contributed by atoms with Gasteiger partial charge in [0.15, 0.2) is 0 Å². The first-order valence-electron chi connectivity index (χ1n) is 8.10. The van der Waals surface area contributed by atoms with Gasteiger partial charge in [-0.15, -0.1) is 0 Å². The minimum atomic E-state index is -1.30. The summed E-state index contributed by atoms with van der Waals surface area (Å²) in [7, 11) is -1.30. The van der Waals surface area contributed by atoms with Crippen LogP contribution in [-0.2, 0) is 11.0 Å². The van der Waals surface area contributed by atoms with Crippen LogP contribution in [0.1, 0.15) is 32.6 Å². The van der Waals surface area contributed by atoms with Gasteiger partial charge in [-0.25, -0.2) is 13.5 Å². The van der Waals surface area contributed by atoms with Crippen molar-refractivity contribution in [1.29, 1.82) is 0 Å². The first-order valence-corrected chi connectivity index (χ1v) is 9.96. The number of pyridine rings is 1. The van der Waals surface area contributed by atoms with E-state index in [0.717, 1.165) is 36.5 Å². The monoisotopic (exact) mass is 385 g/mol. The molecule has 1 atom stereocenters. The number of rotatable bonds is 5. The largest absolute Gasteiger partial charge is 0.329 e. The smallest absolute Gasteiger partial charge is 0.136 e. The molecular formula is C17H21Cl2N3OS. The van der Waals surface area contributed by atoms with Crippen LogP contribution in [0.3, 0.4) is 0 Å². The van der Waals surface area contributed by atoms with Crippen molar-refractivity contribution in [3.63, 3.8) is 0 Å². The van der Waals surface area contributed by atoms with Crippen LogP contribution in [0, 0.1) is 0 Å². The van der Waals surface area contributed by atoms with E-state index in [0.29, 0.717) is 28.2 Å². The molecule has 130 valence electrons. The van der Waals surface area contributed by atoms with E-state index < -0.39 is 11.0 Å². The summed E-state index contributed by atoms with van der Waals surface area (Å²) < 4.78 is 15.3. The number of aromatic nitrogens is 1. The Morgan fingerprint density at radius 3 is 2.67 bits per heavy atom. The molecule has 3 rings (SSSR count). The number of halogens is 2. The lowest BCUT2D eigenvalue weighted by Crippen LogP contribution is -2.47. The van der Waals surface area contributed by atoms with Gasteiger partial charge in [-0.3, -0.25) is 0 Å². The Labute approximate surface area is 154 Å². The molecule has 2 aromatic rings. The van der Waals surface area contributed by atoms with Gasteiger partial charge in [0.25, 0.3) is 0 Å². The Kier molecular flexibility index (Phi) is 5.47. The molecule has 1 aliphatic carbocycles. The Balaban J connectivity index is 2.01. The van der Waals surface area contributed by atoms with E-state index in [1.54, 1.807) is 0 Å². The Morgan fingerprint density at radius 2 is 2.00 bits per heavy atom. The van der Waals surface area contributed by atoms with Crippen molar-refractivity contribution in [1.82, 2.24) is 9.29 Å². The number of nitrogens with two attached hydrogens (primary N) is 1. The van der Waals surface area contributed by atoms with Gasteiger partial charge in [0.05, 0.1) is 9.92 Å². The number of fused-ring (bicyclic) bond motifs is 1. The van der Waals surface area contributed by atoms with Crippen LogP contribution < -0.4 is 5.73 Å². The van der Waals surface area contributed by atoms with Gasteiger partial charge < -0.3 is 5.73 Å². The average Bonchev–Trinajstić information content (AvgIpc) is 3.02. The maximum Gasteiger partial charge on any atom is 0.136 e. The minimum absolute atomic E-state index is 0.0738.